The molecule has 2 aromatic carbocycles. The number of halogens is 3. The van der Waals surface area contributed by atoms with Crippen LogP contribution in [0.25, 0.3) is 0 Å². The summed E-state index contributed by atoms with van der Waals surface area (Å²) in [6.07, 6.45) is -4.96. The number of hydrogen-bond acceptors (Lipinski definition) is 6. The van der Waals surface area contributed by atoms with Gasteiger partial charge in [-0.3, -0.25) is 20.2 Å². The highest BCUT2D eigenvalue weighted by Crippen LogP contribution is 2.42. The summed E-state index contributed by atoms with van der Waals surface area (Å²) in [4.78, 5) is 20.0. The van der Waals surface area contributed by atoms with Gasteiger partial charge >= 0.3 is 6.18 Å². The lowest BCUT2D eigenvalue weighted by Crippen LogP contribution is -2.09. The number of nitro groups is 2. The zero-order valence-electron chi connectivity index (χ0n) is 12.5. The third kappa shape index (κ3) is 3.94. The van der Waals surface area contributed by atoms with Crippen LogP contribution >= 0.6 is 0 Å². The van der Waals surface area contributed by atoms with Crippen molar-refractivity contribution in [2.75, 3.05) is 12.4 Å². The minimum absolute atomic E-state index is 0.201. The highest BCUT2D eigenvalue weighted by atomic mass is 19.4. The van der Waals surface area contributed by atoms with E-state index in [2.05, 4.69) is 5.32 Å². The molecule has 0 aliphatic heterocycles. The van der Waals surface area contributed by atoms with Gasteiger partial charge in [-0.05, 0) is 24.3 Å². The van der Waals surface area contributed by atoms with Gasteiger partial charge in [0.25, 0.3) is 11.4 Å². The molecule has 0 bridgehead atoms. The summed E-state index contributed by atoms with van der Waals surface area (Å²) in [6, 6.07) is 6.26. The number of nitro benzene ring substituents is 2. The van der Waals surface area contributed by atoms with Crippen molar-refractivity contribution in [3.05, 3.63) is 62.2 Å². The van der Waals surface area contributed by atoms with Crippen LogP contribution in [0, 0.1) is 20.2 Å². The topological polar surface area (TPSA) is 108 Å². The fraction of sp³-hybridized carbons (Fsp3) is 0.143. The third-order valence-corrected chi connectivity index (χ3v) is 3.18. The first-order valence-electron chi connectivity index (χ1n) is 6.58. The van der Waals surface area contributed by atoms with Gasteiger partial charge in [-0.2, -0.15) is 13.2 Å². The largest absolute Gasteiger partial charge is 0.497 e. The van der Waals surface area contributed by atoms with E-state index in [-0.39, 0.29) is 17.8 Å². The maximum absolute atomic E-state index is 12.8. The fourth-order valence-corrected chi connectivity index (χ4v) is 2.01. The molecule has 2 rings (SSSR count). The van der Waals surface area contributed by atoms with Crippen LogP contribution in [-0.2, 0) is 6.18 Å². The Morgan fingerprint density at radius 1 is 1.00 bits per heavy atom. The van der Waals surface area contributed by atoms with Gasteiger partial charge in [0, 0.05) is 17.8 Å². The summed E-state index contributed by atoms with van der Waals surface area (Å²) in [7, 11) is 1.41. The maximum Gasteiger partial charge on any atom is 0.416 e. The predicted octanol–water partition coefficient (Wildman–Crippen LogP) is 4.27. The van der Waals surface area contributed by atoms with Crippen molar-refractivity contribution < 1.29 is 27.8 Å². The van der Waals surface area contributed by atoms with Crippen molar-refractivity contribution in [3.8, 4) is 5.75 Å². The summed E-state index contributed by atoms with van der Waals surface area (Å²) in [5, 5.41) is 24.7. The smallest absolute Gasteiger partial charge is 0.416 e. The number of nitrogens with zero attached hydrogens (tertiary/aromatic N) is 2. The van der Waals surface area contributed by atoms with Crippen molar-refractivity contribution >= 4 is 22.7 Å². The molecule has 1 N–H and O–H groups in total. The number of benzene rings is 2. The molecule has 0 atom stereocenters. The Morgan fingerprint density at radius 2 is 1.48 bits per heavy atom. The number of alkyl halides is 3. The highest BCUT2D eigenvalue weighted by molar-refractivity contribution is 5.80. The number of rotatable bonds is 5. The maximum atomic E-state index is 12.8. The van der Waals surface area contributed by atoms with Crippen LogP contribution in [0.1, 0.15) is 5.56 Å². The predicted molar refractivity (Wildman–Crippen MR) is 81.0 cm³/mol. The number of hydrogen-bond donors (Lipinski definition) is 1. The fourth-order valence-electron chi connectivity index (χ4n) is 2.01. The van der Waals surface area contributed by atoms with Gasteiger partial charge in [0.05, 0.1) is 22.5 Å². The van der Waals surface area contributed by atoms with E-state index in [1.165, 1.54) is 31.4 Å². The number of anilines is 2. The van der Waals surface area contributed by atoms with Crippen LogP contribution in [-0.4, -0.2) is 17.0 Å². The Hall–Kier alpha value is -3.37. The lowest BCUT2D eigenvalue weighted by atomic mass is 10.1. The van der Waals surface area contributed by atoms with Gasteiger partial charge in [-0.15, -0.1) is 0 Å². The monoisotopic (exact) mass is 357 g/mol. The van der Waals surface area contributed by atoms with E-state index in [4.69, 9.17) is 4.74 Å². The molecule has 0 aliphatic rings. The Morgan fingerprint density at radius 3 is 1.84 bits per heavy atom. The molecule has 0 aromatic heterocycles. The Bertz CT molecular complexity index is 786. The number of nitrogens with one attached hydrogen (secondary N) is 1. The minimum Gasteiger partial charge on any atom is -0.497 e. The van der Waals surface area contributed by atoms with Crippen molar-refractivity contribution in [3.63, 3.8) is 0 Å². The molecule has 0 saturated carbocycles. The average molecular weight is 357 g/mol. The Balaban J connectivity index is 2.61. The summed E-state index contributed by atoms with van der Waals surface area (Å²) in [5.41, 5.74) is -4.04. The van der Waals surface area contributed by atoms with E-state index in [1.807, 2.05) is 0 Å². The van der Waals surface area contributed by atoms with Crippen LogP contribution in [0.2, 0.25) is 0 Å². The molecule has 0 unspecified atom stereocenters. The summed E-state index contributed by atoms with van der Waals surface area (Å²) < 4.78 is 43.4. The van der Waals surface area contributed by atoms with Crippen molar-refractivity contribution in [2.45, 2.75) is 6.18 Å². The van der Waals surface area contributed by atoms with E-state index < -0.39 is 38.6 Å². The average Bonchev–Trinajstić information content (AvgIpc) is 2.54. The lowest BCUT2D eigenvalue weighted by molar-refractivity contribution is -0.392. The lowest BCUT2D eigenvalue weighted by Gasteiger charge is -2.11. The van der Waals surface area contributed by atoms with Crippen LogP contribution in [0.3, 0.4) is 0 Å². The second-order valence-electron chi connectivity index (χ2n) is 4.75. The molecule has 0 amide bonds. The molecule has 0 radical (unpaired) electrons. The number of ether oxygens (including phenoxy) is 1. The second kappa shape index (κ2) is 6.63. The van der Waals surface area contributed by atoms with Gasteiger partial charge in [0.2, 0.25) is 0 Å². The Labute approximate surface area is 138 Å². The van der Waals surface area contributed by atoms with Gasteiger partial charge < -0.3 is 10.1 Å². The second-order valence-corrected chi connectivity index (χ2v) is 4.75. The quantitative estimate of drug-likeness (QED) is 0.632. The zero-order chi connectivity index (χ0) is 18.8. The van der Waals surface area contributed by atoms with Crippen molar-refractivity contribution in [2.24, 2.45) is 0 Å². The minimum atomic E-state index is -4.96. The van der Waals surface area contributed by atoms with Gasteiger partial charge in [-0.25, -0.2) is 0 Å². The first kappa shape index (κ1) is 18.0. The van der Waals surface area contributed by atoms with E-state index in [0.29, 0.717) is 5.75 Å². The molecule has 0 aliphatic carbocycles. The molecule has 132 valence electrons. The molecular weight excluding hydrogens is 347 g/mol. The molecular formula is C14H10F3N3O5. The molecule has 25 heavy (non-hydrogen) atoms. The van der Waals surface area contributed by atoms with Gasteiger partial charge in [0.1, 0.15) is 5.75 Å². The molecule has 11 heteroatoms. The number of methoxy groups -OCH3 is 1. The van der Waals surface area contributed by atoms with Gasteiger partial charge in [0.15, 0.2) is 5.69 Å². The molecule has 0 spiro atoms. The van der Waals surface area contributed by atoms with Crippen LogP contribution in [0.15, 0.2) is 36.4 Å². The van der Waals surface area contributed by atoms with Crippen molar-refractivity contribution in [1.82, 2.24) is 0 Å². The highest BCUT2D eigenvalue weighted by Gasteiger charge is 2.37. The van der Waals surface area contributed by atoms with E-state index in [9.17, 15) is 33.4 Å². The molecule has 0 saturated heterocycles. The van der Waals surface area contributed by atoms with Crippen LogP contribution in [0.4, 0.5) is 35.9 Å². The normalized spacial score (nSPS) is 11.0. The molecule has 2 aromatic rings. The van der Waals surface area contributed by atoms with E-state index >= 15 is 0 Å². The van der Waals surface area contributed by atoms with Crippen LogP contribution in [0.5, 0.6) is 5.75 Å². The standard InChI is InChI=1S/C14H10F3N3O5/c1-25-10-4-2-9(3-5-10)18-13-11(19(21)22)6-8(14(15,16)17)7-12(13)20(23)24/h2-7,18H,1H3. The summed E-state index contributed by atoms with van der Waals surface area (Å²) >= 11 is 0. The van der Waals surface area contributed by atoms with Gasteiger partial charge in [-0.1, -0.05) is 0 Å². The van der Waals surface area contributed by atoms with E-state index in [0.717, 1.165) is 0 Å². The molecule has 0 fully saturated rings. The third-order valence-electron chi connectivity index (χ3n) is 3.18. The first-order valence-corrected chi connectivity index (χ1v) is 6.58. The SMILES string of the molecule is COc1ccc(Nc2c([N+](=O)[O-])cc(C(F)(F)F)cc2[N+](=O)[O-])cc1. The summed E-state index contributed by atoms with van der Waals surface area (Å²) in [5.74, 6) is 0.460. The van der Waals surface area contributed by atoms with Crippen molar-refractivity contribution in [1.29, 1.82) is 0 Å². The Kier molecular flexibility index (Phi) is 4.77. The molecule has 0 heterocycles. The van der Waals surface area contributed by atoms with Crippen LogP contribution < -0.4 is 10.1 Å². The zero-order valence-corrected chi connectivity index (χ0v) is 12.5. The molecule has 8 nitrogen and oxygen atoms in total. The summed E-state index contributed by atoms with van der Waals surface area (Å²) in [6.45, 7) is 0. The van der Waals surface area contributed by atoms with E-state index in [1.54, 1.807) is 0 Å². The first-order chi connectivity index (χ1) is 11.6.